The van der Waals surface area contributed by atoms with Gasteiger partial charge in [-0.2, -0.15) is 0 Å². The maximum Gasteiger partial charge on any atom is 0.420 e. The molecule has 0 atom stereocenters. The third-order valence-electron chi connectivity index (χ3n) is 3.89. The third-order valence-corrected chi connectivity index (χ3v) is 3.89. The number of carbonyl (C=O) groups excluding carboxylic acids is 1. The average molecular weight is 352 g/mol. The normalized spacial score (nSPS) is 11.5. The molecule has 1 aromatic carbocycles. The number of pyridine rings is 1. The van der Waals surface area contributed by atoms with E-state index in [0.717, 1.165) is 23.4 Å². The Morgan fingerprint density at radius 2 is 1.88 bits per heavy atom. The van der Waals surface area contributed by atoms with E-state index in [1.54, 1.807) is 10.8 Å². The van der Waals surface area contributed by atoms with Gasteiger partial charge in [-0.15, -0.1) is 0 Å². The molecule has 0 aliphatic carbocycles. The van der Waals surface area contributed by atoms with Gasteiger partial charge in [0, 0.05) is 12.7 Å². The lowest BCUT2D eigenvalue weighted by atomic mass is 10.2. The van der Waals surface area contributed by atoms with E-state index in [4.69, 9.17) is 4.74 Å². The average Bonchev–Trinajstić information content (AvgIpc) is 2.97. The van der Waals surface area contributed by atoms with E-state index in [2.05, 4.69) is 21.8 Å². The van der Waals surface area contributed by atoms with Crippen molar-refractivity contribution in [2.75, 3.05) is 11.4 Å². The number of hydrogen-bond donors (Lipinski definition) is 0. The molecule has 0 bridgehead atoms. The Balaban J connectivity index is 2.02. The van der Waals surface area contributed by atoms with Gasteiger partial charge in [0.05, 0.1) is 17.6 Å². The van der Waals surface area contributed by atoms with Gasteiger partial charge in [-0.05, 0) is 52.0 Å². The van der Waals surface area contributed by atoms with Crippen LogP contribution in [0.3, 0.4) is 0 Å². The van der Waals surface area contributed by atoms with Gasteiger partial charge >= 0.3 is 6.09 Å². The number of aromatic nitrogens is 3. The van der Waals surface area contributed by atoms with E-state index in [-0.39, 0.29) is 0 Å². The van der Waals surface area contributed by atoms with Crippen LogP contribution in [0.25, 0.3) is 11.0 Å². The fraction of sp³-hybridized carbons (Fsp3) is 0.350. The molecule has 0 N–H and O–H groups in total. The Hall–Kier alpha value is -2.89. The van der Waals surface area contributed by atoms with Crippen molar-refractivity contribution in [2.24, 2.45) is 0 Å². The third kappa shape index (κ3) is 3.85. The topological polar surface area (TPSA) is 60.2 Å². The second kappa shape index (κ2) is 7.15. The van der Waals surface area contributed by atoms with Crippen molar-refractivity contribution >= 4 is 22.9 Å². The minimum Gasteiger partial charge on any atom is -0.443 e. The second-order valence-corrected chi connectivity index (χ2v) is 7.03. The predicted molar refractivity (Wildman–Crippen MR) is 102 cm³/mol. The summed E-state index contributed by atoms with van der Waals surface area (Å²) in [5.74, 6) is 1.48. The number of fused-ring (bicyclic) bond motifs is 1. The molecule has 0 aliphatic heterocycles. The maximum absolute atomic E-state index is 12.8. The van der Waals surface area contributed by atoms with Gasteiger partial charge in [0.1, 0.15) is 17.2 Å². The number of rotatable bonds is 4. The van der Waals surface area contributed by atoms with Crippen molar-refractivity contribution in [3.8, 4) is 0 Å². The van der Waals surface area contributed by atoms with Crippen molar-refractivity contribution in [2.45, 2.75) is 39.8 Å². The van der Waals surface area contributed by atoms with Crippen LogP contribution in [0, 0.1) is 0 Å². The summed E-state index contributed by atoms with van der Waals surface area (Å²) in [6.45, 7) is 8.83. The summed E-state index contributed by atoms with van der Waals surface area (Å²) in [6.07, 6.45) is 1.34. The first kappa shape index (κ1) is 17.9. The Kier molecular flexibility index (Phi) is 4.93. The largest absolute Gasteiger partial charge is 0.443 e. The lowest BCUT2D eigenvalue weighted by molar-refractivity contribution is 0.0539. The fourth-order valence-corrected chi connectivity index (χ4v) is 2.76. The van der Waals surface area contributed by atoms with Crippen molar-refractivity contribution < 1.29 is 9.53 Å². The van der Waals surface area contributed by atoms with Crippen LogP contribution in [0.2, 0.25) is 0 Å². The SMILES string of the molecule is CCN(Cc1nc2ccccc2n1C(=O)OC(C)(C)C)c1ccccn1. The highest BCUT2D eigenvalue weighted by Crippen LogP contribution is 2.21. The highest BCUT2D eigenvalue weighted by molar-refractivity contribution is 5.87. The zero-order valence-corrected chi connectivity index (χ0v) is 15.6. The van der Waals surface area contributed by atoms with Crippen LogP contribution in [0.1, 0.15) is 33.5 Å². The summed E-state index contributed by atoms with van der Waals surface area (Å²) in [7, 11) is 0. The first-order chi connectivity index (χ1) is 12.4. The van der Waals surface area contributed by atoms with Gasteiger partial charge in [-0.1, -0.05) is 18.2 Å². The van der Waals surface area contributed by atoms with E-state index < -0.39 is 11.7 Å². The molecule has 2 heterocycles. The minimum atomic E-state index is -0.578. The molecule has 2 aromatic heterocycles. The first-order valence-corrected chi connectivity index (χ1v) is 8.74. The van der Waals surface area contributed by atoms with Crippen LogP contribution in [-0.2, 0) is 11.3 Å². The van der Waals surface area contributed by atoms with Crippen molar-refractivity contribution in [1.29, 1.82) is 0 Å². The van der Waals surface area contributed by atoms with Crippen LogP contribution in [0.4, 0.5) is 10.6 Å². The van der Waals surface area contributed by atoms with Crippen molar-refractivity contribution in [3.05, 3.63) is 54.5 Å². The molecule has 26 heavy (non-hydrogen) atoms. The molecule has 0 spiro atoms. The van der Waals surface area contributed by atoms with Crippen molar-refractivity contribution in [3.63, 3.8) is 0 Å². The summed E-state index contributed by atoms with van der Waals surface area (Å²) in [5, 5.41) is 0. The highest BCUT2D eigenvalue weighted by atomic mass is 16.6. The molecule has 3 rings (SSSR count). The highest BCUT2D eigenvalue weighted by Gasteiger charge is 2.24. The number of anilines is 1. The quantitative estimate of drug-likeness (QED) is 0.703. The van der Waals surface area contributed by atoms with Gasteiger partial charge < -0.3 is 9.64 Å². The Labute approximate surface area is 153 Å². The molecular formula is C20H24N4O2. The summed E-state index contributed by atoms with van der Waals surface area (Å²) >= 11 is 0. The number of hydrogen-bond acceptors (Lipinski definition) is 5. The number of ether oxygens (including phenoxy) is 1. The van der Waals surface area contributed by atoms with Crippen LogP contribution < -0.4 is 4.90 Å². The molecular weight excluding hydrogens is 328 g/mol. The van der Waals surface area contributed by atoms with E-state index in [0.29, 0.717) is 12.4 Å². The molecule has 6 heteroatoms. The molecule has 0 saturated heterocycles. The standard InChI is InChI=1S/C20H24N4O2/c1-5-23(17-12-8-9-13-21-17)14-18-22-15-10-6-7-11-16(15)24(18)19(25)26-20(2,3)4/h6-13H,5,14H2,1-4H3. The van der Waals surface area contributed by atoms with Gasteiger partial charge in [-0.25, -0.2) is 19.3 Å². The fourth-order valence-electron chi connectivity index (χ4n) is 2.76. The lowest BCUT2D eigenvalue weighted by Gasteiger charge is -2.23. The number of nitrogens with zero attached hydrogens (tertiary/aromatic N) is 4. The summed E-state index contributed by atoms with van der Waals surface area (Å²) in [5.41, 5.74) is 0.935. The van der Waals surface area contributed by atoms with E-state index >= 15 is 0 Å². The Morgan fingerprint density at radius 3 is 2.54 bits per heavy atom. The molecule has 0 unspecified atom stereocenters. The molecule has 136 valence electrons. The van der Waals surface area contributed by atoms with Crippen LogP contribution in [0.5, 0.6) is 0 Å². The molecule has 0 amide bonds. The van der Waals surface area contributed by atoms with E-state index in [9.17, 15) is 4.79 Å². The van der Waals surface area contributed by atoms with Crippen LogP contribution in [-0.4, -0.2) is 32.8 Å². The van der Waals surface area contributed by atoms with Gasteiger partial charge in [-0.3, -0.25) is 0 Å². The number of benzene rings is 1. The monoisotopic (exact) mass is 352 g/mol. The van der Waals surface area contributed by atoms with Gasteiger partial charge in [0.2, 0.25) is 0 Å². The molecule has 0 saturated carbocycles. The minimum absolute atomic E-state index is 0.418. The van der Waals surface area contributed by atoms with E-state index in [1.807, 2.05) is 63.2 Å². The zero-order valence-electron chi connectivity index (χ0n) is 15.6. The summed E-state index contributed by atoms with van der Waals surface area (Å²) < 4.78 is 7.16. The van der Waals surface area contributed by atoms with Gasteiger partial charge in [0.15, 0.2) is 0 Å². The van der Waals surface area contributed by atoms with Crippen LogP contribution in [0.15, 0.2) is 48.7 Å². The Bertz CT molecular complexity index is 897. The number of para-hydroxylation sites is 2. The maximum atomic E-state index is 12.8. The zero-order chi connectivity index (χ0) is 18.7. The smallest absolute Gasteiger partial charge is 0.420 e. The predicted octanol–water partition coefficient (Wildman–Crippen LogP) is 4.24. The van der Waals surface area contributed by atoms with Gasteiger partial charge in [0.25, 0.3) is 0 Å². The van der Waals surface area contributed by atoms with Crippen LogP contribution >= 0.6 is 0 Å². The second-order valence-electron chi connectivity index (χ2n) is 7.03. The lowest BCUT2D eigenvalue weighted by Crippen LogP contribution is -2.30. The molecule has 0 aliphatic rings. The van der Waals surface area contributed by atoms with Crippen molar-refractivity contribution in [1.82, 2.24) is 14.5 Å². The first-order valence-electron chi connectivity index (χ1n) is 8.74. The Morgan fingerprint density at radius 1 is 1.15 bits per heavy atom. The summed E-state index contributed by atoms with van der Waals surface area (Å²) in [6, 6.07) is 13.4. The molecule has 3 aromatic rings. The molecule has 6 nitrogen and oxygen atoms in total. The molecule has 0 radical (unpaired) electrons. The number of carbonyl (C=O) groups is 1. The number of imidazole rings is 1. The molecule has 0 fully saturated rings. The summed E-state index contributed by atoms with van der Waals surface area (Å²) in [4.78, 5) is 24.0. The van der Waals surface area contributed by atoms with E-state index in [1.165, 1.54) is 0 Å².